The summed E-state index contributed by atoms with van der Waals surface area (Å²) in [7, 11) is 0. The summed E-state index contributed by atoms with van der Waals surface area (Å²) in [6.45, 7) is 7.47. The summed E-state index contributed by atoms with van der Waals surface area (Å²) < 4.78 is 23.7. The Morgan fingerprint density at radius 2 is 2.11 bits per heavy atom. The second-order valence-electron chi connectivity index (χ2n) is 7.32. The van der Waals surface area contributed by atoms with E-state index in [2.05, 4.69) is 6.58 Å². The molecule has 0 bridgehead atoms. The maximum atomic E-state index is 9.35. The van der Waals surface area contributed by atoms with E-state index in [0.717, 1.165) is 43.2 Å². The number of hydrogen-bond acceptors (Lipinski definition) is 6. The molecule has 0 spiro atoms. The van der Waals surface area contributed by atoms with Gasteiger partial charge in [0.25, 0.3) is 0 Å². The summed E-state index contributed by atoms with van der Waals surface area (Å²) in [5.74, 6) is 0. The molecule has 2 saturated heterocycles. The molecule has 1 unspecified atom stereocenters. The van der Waals surface area contributed by atoms with E-state index in [-0.39, 0.29) is 31.8 Å². The summed E-state index contributed by atoms with van der Waals surface area (Å²) in [6, 6.07) is 7.72. The third kappa shape index (κ3) is 6.70. The molecule has 3 rings (SSSR count). The van der Waals surface area contributed by atoms with Crippen LogP contribution < -0.4 is 0 Å². The van der Waals surface area contributed by atoms with Crippen molar-refractivity contribution >= 4 is 25.5 Å². The molecule has 1 aromatic carbocycles. The molecule has 5 atom stereocenters. The van der Waals surface area contributed by atoms with Gasteiger partial charge in [0.05, 0.1) is 6.61 Å². The van der Waals surface area contributed by atoms with Gasteiger partial charge in [0, 0.05) is 0 Å². The normalized spacial score (nSPS) is 28.2. The zero-order valence-corrected chi connectivity index (χ0v) is 17.9. The second kappa shape index (κ2) is 11.5. The Hall–Kier alpha value is -0.655. The fourth-order valence-corrected chi connectivity index (χ4v) is 4.16. The Labute approximate surface area is 173 Å². The molecule has 28 heavy (non-hydrogen) atoms. The molecule has 1 aromatic rings. The van der Waals surface area contributed by atoms with Gasteiger partial charge >= 0.3 is 144 Å². The molecule has 152 valence electrons. The van der Waals surface area contributed by atoms with Crippen LogP contribution in [-0.2, 0) is 37.3 Å². The summed E-state index contributed by atoms with van der Waals surface area (Å²) in [5.41, 5.74) is 3.03. The number of ether oxygens (including phenoxy) is 3. The van der Waals surface area contributed by atoms with Crippen LogP contribution >= 0.6 is 6.85 Å². The molecule has 0 amide bonds. The van der Waals surface area contributed by atoms with Gasteiger partial charge in [-0.25, -0.2) is 0 Å². The molecular weight excluding hydrogens is 394 g/mol. The first-order chi connectivity index (χ1) is 13.7. The Kier molecular flexibility index (Phi) is 9.06. The standard InChI is InChI=1S/C20H28BO5PS/c1-14-9-17(6-8-24-21-27-28)25-19(10-14)12-18-5-7-23-20(26-18)16-4-2-3-15(11-16)13-22/h2-4,11,17-20,22,27H,1,5-10,12-13H2/t17-,18-,19+,20-/m0/s1. The van der Waals surface area contributed by atoms with E-state index in [4.69, 9.17) is 30.7 Å². The van der Waals surface area contributed by atoms with E-state index < -0.39 is 6.29 Å². The van der Waals surface area contributed by atoms with Gasteiger partial charge in [0.15, 0.2) is 0 Å². The van der Waals surface area contributed by atoms with Crippen LogP contribution in [-0.4, -0.2) is 43.5 Å². The van der Waals surface area contributed by atoms with E-state index in [1.54, 1.807) is 6.82 Å². The number of aliphatic hydroxyl groups is 1. The molecule has 0 aromatic heterocycles. The van der Waals surface area contributed by atoms with Crippen molar-refractivity contribution in [2.75, 3.05) is 13.2 Å². The van der Waals surface area contributed by atoms with Gasteiger partial charge in [-0.05, 0) is 5.56 Å². The molecule has 2 heterocycles. The van der Waals surface area contributed by atoms with Gasteiger partial charge < -0.3 is 5.11 Å². The first-order valence-electron chi connectivity index (χ1n) is 9.77. The number of rotatable bonds is 8. The van der Waals surface area contributed by atoms with Gasteiger partial charge in [-0.3, -0.25) is 0 Å². The maximum absolute atomic E-state index is 9.35. The van der Waals surface area contributed by atoms with Crippen molar-refractivity contribution in [2.24, 2.45) is 0 Å². The second-order valence-corrected chi connectivity index (χ2v) is 8.50. The molecule has 2 aliphatic rings. The average molecular weight is 422 g/mol. The van der Waals surface area contributed by atoms with E-state index >= 15 is 0 Å². The predicted molar refractivity (Wildman–Crippen MR) is 114 cm³/mol. The number of hydrogen-bond donors (Lipinski definition) is 1. The van der Waals surface area contributed by atoms with E-state index in [1.807, 2.05) is 24.3 Å². The summed E-state index contributed by atoms with van der Waals surface area (Å²) in [4.78, 5) is 0. The Bertz CT molecular complexity index is 712. The van der Waals surface area contributed by atoms with Crippen LogP contribution in [0, 0.1) is 0 Å². The predicted octanol–water partition coefficient (Wildman–Crippen LogP) is 3.56. The molecule has 8 heteroatoms. The van der Waals surface area contributed by atoms with Crippen molar-refractivity contribution in [2.45, 2.75) is 63.3 Å². The monoisotopic (exact) mass is 422 g/mol. The summed E-state index contributed by atoms with van der Waals surface area (Å²) in [5, 5.41) is 9.35. The van der Waals surface area contributed by atoms with Crippen molar-refractivity contribution in [1.82, 2.24) is 0 Å². The van der Waals surface area contributed by atoms with Crippen LogP contribution in [0.4, 0.5) is 0 Å². The van der Waals surface area contributed by atoms with E-state index in [1.165, 1.54) is 5.57 Å². The average Bonchev–Trinajstić information content (AvgIpc) is 2.71. The summed E-state index contributed by atoms with van der Waals surface area (Å²) in [6.07, 6.45) is 4.24. The summed E-state index contributed by atoms with van der Waals surface area (Å²) >= 11 is 4.87. The van der Waals surface area contributed by atoms with Gasteiger partial charge in [0.2, 0.25) is 0 Å². The minimum absolute atomic E-state index is 0.0117. The quantitative estimate of drug-likeness (QED) is 0.299. The van der Waals surface area contributed by atoms with Crippen molar-refractivity contribution in [1.29, 1.82) is 0 Å². The molecular formula is C20H28BO5PS. The van der Waals surface area contributed by atoms with Crippen LogP contribution in [0.5, 0.6) is 0 Å². The first-order valence-corrected chi connectivity index (χ1v) is 12.0. The third-order valence-corrected chi connectivity index (χ3v) is 5.61. The topological polar surface area (TPSA) is 57.2 Å². The number of benzene rings is 1. The van der Waals surface area contributed by atoms with Crippen molar-refractivity contribution in [3.8, 4) is 0 Å². The van der Waals surface area contributed by atoms with Gasteiger partial charge in [-0.1, -0.05) is 12.1 Å². The van der Waals surface area contributed by atoms with E-state index in [9.17, 15) is 5.11 Å². The zero-order valence-electron chi connectivity index (χ0n) is 16.0. The van der Waals surface area contributed by atoms with Crippen LogP contribution in [0.1, 0.15) is 49.5 Å². The van der Waals surface area contributed by atoms with Crippen molar-refractivity contribution in [3.63, 3.8) is 0 Å². The minimum atomic E-state index is -0.393. The molecule has 0 saturated carbocycles. The van der Waals surface area contributed by atoms with Crippen LogP contribution in [0.15, 0.2) is 36.4 Å². The Morgan fingerprint density at radius 3 is 2.93 bits per heavy atom. The zero-order chi connectivity index (χ0) is 19.8. The molecule has 0 radical (unpaired) electrons. The molecule has 2 fully saturated rings. The van der Waals surface area contributed by atoms with Crippen molar-refractivity contribution < 1.29 is 24.0 Å². The number of aliphatic hydroxyl groups excluding tert-OH is 1. The van der Waals surface area contributed by atoms with Crippen LogP contribution in [0.3, 0.4) is 0 Å². The van der Waals surface area contributed by atoms with Crippen molar-refractivity contribution in [3.05, 3.63) is 47.5 Å². The van der Waals surface area contributed by atoms with Gasteiger partial charge in [0.1, 0.15) is 0 Å². The fraction of sp³-hybridized carbons (Fsp3) is 0.600. The fourth-order valence-electron chi connectivity index (χ4n) is 3.77. The Balaban J connectivity index is 1.53. The Morgan fingerprint density at radius 1 is 1.25 bits per heavy atom. The SMILES string of the molecule is C=C1C[C@H](C[C@@H]2CCO[C@H](c3cccc(CO)c3)O2)O[C@@H](CCOB=[PH]=S)C1. The molecule has 1 N–H and O–H groups in total. The molecule has 5 nitrogen and oxygen atoms in total. The van der Waals surface area contributed by atoms with Crippen LogP contribution in [0.25, 0.3) is 0 Å². The third-order valence-electron chi connectivity index (χ3n) is 5.06. The van der Waals surface area contributed by atoms with Crippen LogP contribution in [0.2, 0.25) is 0 Å². The van der Waals surface area contributed by atoms with Gasteiger partial charge in [-0.2, -0.15) is 0 Å². The molecule has 0 aliphatic carbocycles. The van der Waals surface area contributed by atoms with Gasteiger partial charge in [-0.15, -0.1) is 0 Å². The van der Waals surface area contributed by atoms with E-state index in [0.29, 0.717) is 13.2 Å². The first kappa shape index (κ1) is 22.0. The molecule has 2 aliphatic heterocycles.